The van der Waals surface area contributed by atoms with Crippen molar-refractivity contribution in [2.45, 2.75) is 206 Å². The average molecular weight is 1740 g/mol. The van der Waals surface area contributed by atoms with Gasteiger partial charge in [0.2, 0.25) is 0 Å². The van der Waals surface area contributed by atoms with Crippen molar-refractivity contribution in [3.8, 4) is 11.5 Å². The molecule has 0 saturated heterocycles. The van der Waals surface area contributed by atoms with Gasteiger partial charge in [-0.05, 0) is 207 Å². The predicted molar refractivity (Wildman–Crippen MR) is 506 cm³/mol. The summed E-state index contributed by atoms with van der Waals surface area (Å²) in [5.41, 5.74) is 13.4. The number of aromatic amines is 2. The standard InChI is InChI=1S/C14H17NO2.C12H14N2O2.C11H17N5.C11H14N2.C10H15N5.C10H13N3.C9H11N3.2C8H10N4O/c1-4-17-14(16)13-9-11-7-5-6-8-12(11)15(13)10(2)3;1-8(2)14-10-7-5-4-6-9(10)11(13-14)12(15)16-3;1-11(2,3)16-7-14-8-9(15(4)5)12-6-13-10(8)16;1-8(2)13-9(3)12-10-6-4-5-7-11(10)13;1-7(2)15-6-13-9(14(3)4)8-10(15)12-5-11-8;1-10(2,3)13-11-8-6-4-5-7-9(8)12-13;1-7(2)12-6-11-9-8(12)4-3-5-10-9;1-5(2)12-4-11-6-7(12)9-3-10-8(6)13;1-5(2)12-4-11-7-6(8(12)13)9-3-10-7/h5-10H,4H2,1-3H3;4-8H,1-3H3;6-7H,1-5H3;4-8H,1-3H3;5-7H,1-4H3;4-7H,1-3H3;3-7H,1-2H3;3-5H,1-2H3,(H,9,10,13);3-5H,1-2H3,(H,9,10). The lowest BCUT2D eigenvalue weighted by molar-refractivity contribution is 0.0511. The van der Waals surface area contributed by atoms with E-state index >= 15 is 0 Å². The highest BCUT2D eigenvalue weighted by Crippen LogP contribution is 2.31. The molecule has 35 heteroatoms. The Morgan fingerprint density at radius 2 is 1.02 bits per heavy atom. The number of hydrogen-bond acceptors (Lipinski definition) is 24. The second kappa shape index (κ2) is 42.1. The van der Waals surface area contributed by atoms with Crippen molar-refractivity contribution < 1.29 is 19.1 Å². The largest absolute Gasteiger partial charge is 0.464 e. The number of fused-ring (bicyclic) bond motifs is 9. The Hall–Kier alpha value is -14.3. The molecule has 18 rings (SSSR count). The summed E-state index contributed by atoms with van der Waals surface area (Å²) in [5, 5.41) is 15.0. The minimum atomic E-state index is -0.393. The molecule has 674 valence electrons. The highest BCUT2D eigenvalue weighted by molar-refractivity contribution is 6.02. The zero-order valence-electron chi connectivity index (χ0n) is 78.5. The number of pyridine rings is 1. The molecule has 0 amide bonds. The van der Waals surface area contributed by atoms with Crippen molar-refractivity contribution in [1.82, 2.24) is 132 Å². The van der Waals surface area contributed by atoms with Gasteiger partial charge in [-0.2, -0.15) is 20.1 Å². The molecule has 2 aliphatic heterocycles. The third kappa shape index (κ3) is 22.5. The zero-order valence-corrected chi connectivity index (χ0v) is 78.5. The molecule has 0 fully saturated rings. The fraction of sp³-hybridized carbons (Fsp3) is 0.398. The van der Waals surface area contributed by atoms with Crippen LogP contribution in [0.3, 0.4) is 0 Å². The Labute approximate surface area is 744 Å². The van der Waals surface area contributed by atoms with Crippen molar-refractivity contribution in [2.75, 3.05) is 51.7 Å². The summed E-state index contributed by atoms with van der Waals surface area (Å²) < 4.78 is 25.6. The summed E-state index contributed by atoms with van der Waals surface area (Å²) in [6, 6.07) is 39.8. The van der Waals surface area contributed by atoms with Gasteiger partial charge in [-0.3, -0.25) is 18.8 Å². The fourth-order valence-corrected chi connectivity index (χ4v) is 13.7. The number of carbonyl (C=O) groups excluding carboxylic acids is 2. The van der Waals surface area contributed by atoms with E-state index in [1.165, 1.54) is 31.6 Å². The van der Waals surface area contributed by atoms with E-state index in [2.05, 4.69) is 226 Å². The Morgan fingerprint density at radius 1 is 0.469 bits per heavy atom. The number of methoxy groups -OCH3 is 1. The maximum Gasteiger partial charge on any atom is 0.359 e. The van der Waals surface area contributed by atoms with Gasteiger partial charge in [0.1, 0.15) is 41.5 Å². The molecule has 0 spiro atoms. The number of imidazole rings is 6. The number of rotatable bonds is 12. The van der Waals surface area contributed by atoms with Gasteiger partial charge in [0, 0.05) is 98.5 Å². The highest BCUT2D eigenvalue weighted by Gasteiger charge is 2.24. The lowest BCUT2D eigenvalue weighted by Gasteiger charge is -2.21. The molecule has 0 atom stereocenters. The minimum absolute atomic E-state index is 0.0211. The van der Waals surface area contributed by atoms with E-state index < -0.39 is 5.97 Å². The third-order valence-electron chi connectivity index (χ3n) is 19.9. The van der Waals surface area contributed by atoms with Crippen molar-refractivity contribution in [2.24, 2.45) is 0 Å². The number of H-pyrrole nitrogens is 2. The SMILES string of the molecule is CC(C)(C)n1nc2ccccc2n1.CC(C)n1cnc(N(C)C)c2ncnc1-2.CC(C)n1cnc2c(=O)[nH]cnc21.CC(C)n1cnc2nc[nH]c2c1=O.CC(C)n1cnc2ncccc21.CCOC(=O)c1cc2ccccc2n1C(C)C.CN(C)c1ncnc2c1ncn2C(C)(C)C.COC(=O)c1nn(C(C)C)c2ccccc12.Cc1nc2ccccc2n1C(C)C. The third-order valence-corrected chi connectivity index (χ3v) is 19.9. The topological polar surface area (TPSA) is 375 Å². The van der Waals surface area contributed by atoms with Gasteiger partial charge in [0.05, 0.1) is 79.3 Å². The van der Waals surface area contributed by atoms with Crippen LogP contribution in [0.4, 0.5) is 11.6 Å². The van der Waals surface area contributed by atoms with Crippen molar-refractivity contribution in [3.05, 3.63) is 216 Å². The second-order valence-electron chi connectivity index (χ2n) is 34.4. The van der Waals surface area contributed by atoms with Crippen LogP contribution in [-0.2, 0) is 20.6 Å². The summed E-state index contributed by atoms with van der Waals surface area (Å²) in [7, 11) is 9.19. The van der Waals surface area contributed by atoms with Gasteiger partial charge in [0.25, 0.3) is 11.1 Å². The summed E-state index contributed by atoms with van der Waals surface area (Å²) in [5.74, 6) is 3.06. The first-order valence-corrected chi connectivity index (χ1v) is 42.6. The highest BCUT2D eigenvalue weighted by atomic mass is 16.5. The lowest BCUT2D eigenvalue weighted by atomic mass is 10.1. The first-order valence-electron chi connectivity index (χ1n) is 42.6. The van der Waals surface area contributed by atoms with Gasteiger partial charge < -0.3 is 56.6 Å². The van der Waals surface area contributed by atoms with Crippen molar-refractivity contribution in [1.29, 1.82) is 0 Å². The van der Waals surface area contributed by atoms with Crippen LogP contribution in [0, 0.1) is 6.92 Å². The molecule has 14 heterocycles. The summed E-state index contributed by atoms with van der Waals surface area (Å²) in [6.45, 7) is 45.9. The van der Waals surface area contributed by atoms with Gasteiger partial charge in [-0.1, -0.05) is 60.7 Å². The number of ether oxygens (including phenoxy) is 2. The Morgan fingerprint density at radius 3 is 1.62 bits per heavy atom. The van der Waals surface area contributed by atoms with Crippen LogP contribution in [0.2, 0.25) is 0 Å². The van der Waals surface area contributed by atoms with E-state index in [1.54, 1.807) is 34.5 Å². The molecule has 4 aromatic carbocycles. The number of nitrogens with zero attached hydrogens (tertiary/aromatic N) is 27. The summed E-state index contributed by atoms with van der Waals surface area (Å²) in [6.07, 6.45) is 16.4. The van der Waals surface area contributed by atoms with Gasteiger partial charge in [0.15, 0.2) is 68.0 Å². The van der Waals surface area contributed by atoms with Crippen LogP contribution in [0.15, 0.2) is 188 Å². The van der Waals surface area contributed by atoms with Gasteiger partial charge >= 0.3 is 11.9 Å². The predicted octanol–water partition coefficient (Wildman–Crippen LogP) is 17.4. The molecular formula is C93H121N29O6. The number of aromatic nitrogens is 27. The lowest BCUT2D eigenvalue weighted by Crippen LogP contribution is -2.24. The second-order valence-corrected chi connectivity index (χ2v) is 34.4. The monoisotopic (exact) mass is 1740 g/mol. The molecule has 0 radical (unpaired) electrons. The van der Waals surface area contributed by atoms with Crippen LogP contribution < -0.4 is 20.9 Å². The Bertz CT molecular complexity index is 6710. The number of esters is 2. The number of carbonyl (C=O) groups is 2. The first-order chi connectivity index (χ1) is 60.8. The van der Waals surface area contributed by atoms with E-state index in [0.717, 1.165) is 89.7 Å². The molecule has 128 heavy (non-hydrogen) atoms. The fourth-order valence-electron chi connectivity index (χ4n) is 13.7. The van der Waals surface area contributed by atoms with Crippen LogP contribution in [0.25, 0.3) is 100 Å². The van der Waals surface area contributed by atoms with Gasteiger partial charge in [-0.15, -0.1) is 0 Å². The summed E-state index contributed by atoms with van der Waals surface area (Å²) in [4.78, 5) is 112. The smallest absolute Gasteiger partial charge is 0.359 e. The zero-order chi connectivity index (χ0) is 93.3. The number of hydrogen-bond donors (Lipinski definition) is 2. The van der Waals surface area contributed by atoms with E-state index in [9.17, 15) is 19.2 Å². The molecule has 16 aromatic rings. The van der Waals surface area contributed by atoms with Crippen LogP contribution >= 0.6 is 0 Å². The molecule has 12 aromatic heterocycles. The first kappa shape index (κ1) is 95.9. The number of benzene rings is 4. The average Bonchev–Trinajstić information content (AvgIpc) is 1.62. The summed E-state index contributed by atoms with van der Waals surface area (Å²) >= 11 is 0. The number of para-hydroxylation sites is 4. The van der Waals surface area contributed by atoms with Gasteiger partial charge in [-0.25, -0.2) is 74.4 Å². The molecule has 0 bridgehead atoms. The minimum Gasteiger partial charge on any atom is -0.464 e. The van der Waals surface area contributed by atoms with Crippen molar-refractivity contribution in [3.63, 3.8) is 0 Å². The number of nitrogens with one attached hydrogen (secondary N) is 2. The van der Waals surface area contributed by atoms with E-state index in [4.69, 9.17) is 9.47 Å². The maximum atomic E-state index is 11.9. The molecule has 2 N–H and O–H groups in total. The molecule has 0 saturated carbocycles. The Balaban J connectivity index is 0.000000150. The number of aryl methyl sites for hydroxylation is 1. The maximum absolute atomic E-state index is 11.9. The Kier molecular flexibility index (Phi) is 31.6. The van der Waals surface area contributed by atoms with Crippen molar-refractivity contribution >= 4 is 112 Å². The molecular weight excluding hydrogens is 1620 g/mol. The molecule has 0 aliphatic carbocycles. The van der Waals surface area contributed by atoms with Crippen LogP contribution in [0.1, 0.15) is 214 Å². The van der Waals surface area contributed by atoms with Crippen LogP contribution in [-0.4, -0.2) is 185 Å². The molecule has 0 unspecified atom stereocenters. The quantitative estimate of drug-likeness (QED) is 0.107. The number of anilines is 2. The van der Waals surface area contributed by atoms with E-state index in [-0.39, 0.29) is 52.3 Å². The van der Waals surface area contributed by atoms with E-state index in [1.807, 2.05) is 221 Å². The normalized spacial score (nSPS) is 11.4. The van der Waals surface area contributed by atoms with E-state index in [0.29, 0.717) is 58.4 Å². The van der Waals surface area contributed by atoms with Crippen LogP contribution in [0.5, 0.6) is 0 Å². The molecule has 35 nitrogen and oxygen atoms in total. The molecule has 2 aliphatic rings.